The second kappa shape index (κ2) is 8.57. The molecule has 2 aromatic carbocycles. The molecule has 0 saturated carbocycles. The Kier molecular flexibility index (Phi) is 5.52. The third-order valence-corrected chi connectivity index (χ3v) is 4.80. The largest absolute Gasteiger partial charge is 0.445 e. The average Bonchev–Trinajstić information content (AvgIpc) is 3.24. The van der Waals surface area contributed by atoms with E-state index in [0.29, 0.717) is 12.4 Å². The third kappa shape index (κ3) is 4.31. The first kappa shape index (κ1) is 18.0. The predicted molar refractivity (Wildman–Crippen MR) is 106 cm³/mol. The fraction of sp³-hybridized carbons (Fsp3) is 0.217. The van der Waals surface area contributed by atoms with Gasteiger partial charge in [0.1, 0.15) is 12.4 Å². The van der Waals surface area contributed by atoms with Crippen LogP contribution in [0.2, 0.25) is 0 Å². The van der Waals surface area contributed by atoms with Gasteiger partial charge in [-0.25, -0.2) is 9.78 Å². The highest BCUT2D eigenvalue weighted by Crippen LogP contribution is 2.33. The van der Waals surface area contributed by atoms with Crippen molar-refractivity contribution in [2.75, 3.05) is 6.54 Å². The molecule has 1 aliphatic rings. The Bertz CT molecular complexity index is 898. The van der Waals surface area contributed by atoms with Gasteiger partial charge in [0.25, 0.3) is 0 Å². The maximum absolute atomic E-state index is 12.6. The van der Waals surface area contributed by atoms with Gasteiger partial charge >= 0.3 is 6.09 Å². The van der Waals surface area contributed by atoms with Gasteiger partial charge in [-0.1, -0.05) is 54.6 Å². The minimum Gasteiger partial charge on any atom is -0.445 e. The molecule has 0 spiro atoms. The number of carbonyl (C=O) groups is 1. The van der Waals surface area contributed by atoms with Crippen molar-refractivity contribution >= 4 is 6.09 Å². The number of benzene rings is 2. The van der Waals surface area contributed by atoms with Gasteiger partial charge in [0, 0.05) is 18.8 Å². The van der Waals surface area contributed by atoms with E-state index >= 15 is 0 Å². The number of carbonyl (C=O) groups excluding carboxylic acids is 1. The van der Waals surface area contributed by atoms with Gasteiger partial charge in [-0.05, 0) is 36.1 Å². The van der Waals surface area contributed by atoms with Crippen LogP contribution in [0.15, 0.2) is 79.0 Å². The summed E-state index contributed by atoms with van der Waals surface area (Å²) in [5, 5.41) is 0. The van der Waals surface area contributed by atoms with E-state index in [0.717, 1.165) is 29.7 Å². The molecule has 1 atom stereocenters. The molecule has 5 nitrogen and oxygen atoms in total. The van der Waals surface area contributed by atoms with Crippen LogP contribution in [0.4, 0.5) is 4.79 Å². The maximum Gasteiger partial charge on any atom is 0.410 e. The summed E-state index contributed by atoms with van der Waals surface area (Å²) in [4.78, 5) is 18.8. The molecule has 0 N–H and O–H groups in total. The summed E-state index contributed by atoms with van der Waals surface area (Å²) in [5.74, 6) is 1.28. The van der Waals surface area contributed by atoms with Crippen LogP contribution in [0, 0.1) is 0 Å². The van der Waals surface area contributed by atoms with Crippen LogP contribution >= 0.6 is 0 Å². The molecule has 0 aliphatic carbocycles. The van der Waals surface area contributed by atoms with Gasteiger partial charge in [0.2, 0.25) is 5.88 Å². The van der Waals surface area contributed by atoms with E-state index in [1.807, 2.05) is 72.8 Å². The van der Waals surface area contributed by atoms with Crippen molar-refractivity contribution in [2.45, 2.75) is 25.5 Å². The number of pyridine rings is 1. The molecule has 0 bridgehead atoms. The van der Waals surface area contributed by atoms with Gasteiger partial charge in [-0.3, -0.25) is 0 Å². The number of amides is 1. The van der Waals surface area contributed by atoms with Gasteiger partial charge in [-0.2, -0.15) is 0 Å². The van der Waals surface area contributed by atoms with Gasteiger partial charge in [0.05, 0.1) is 6.04 Å². The number of para-hydroxylation sites is 1. The number of hydrogen-bond acceptors (Lipinski definition) is 4. The second-order valence-corrected chi connectivity index (χ2v) is 6.74. The lowest BCUT2D eigenvalue weighted by Crippen LogP contribution is -2.31. The quantitative estimate of drug-likeness (QED) is 0.604. The summed E-state index contributed by atoms with van der Waals surface area (Å²) in [6, 6.07) is 23.1. The standard InChI is InChI=1S/C23H22N2O3/c26-23(27-17-18-8-3-1-4-9-18)25-15-7-12-21(25)19-13-14-22(24-16-19)28-20-10-5-2-6-11-20/h1-6,8-11,13-14,16,21H,7,12,15,17H2/t21-/m1/s1. The lowest BCUT2D eigenvalue weighted by Gasteiger charge is -2.24. The Morgan fingerprint density at radius 2 is 1.75 bits per heavy atom. The molecule has 1 saturated heterocycles. The Morgan fingerprint density at radius 3 is 2.46 bits per heavy atom. The van der Waals surface area contributed by atoms with E-state index in [9.17, 15) is 4.79 Å². The topological polar surface area (TPSA) is 51.7 Å². The van der Waals surface area contributed by atoms with Crippen LogP contribution in [0.3, 0.4) is 0 Å². The lowest BCUT2D eigenvalue weighted by molar-refractivity contribution is 0.0920. The highest BCUT2D eigenvalue weighted by Gasteiger charge is 2.31. The van der Waals surface area contributed by atoms with Gasteiger partial charge in [0.15, 0.2) is 0 Å². The van der Waals surface area contributed by atoms with E-state index < -0.39 is 0 Å². The molecule has 1 aliphatic heterocycles. The Morgan fingerprint density at radius 1 is 1.00 bits per heavy atom. The van der Waals surface area contributed by atoms with Crippen molar-refractivity contribution in [2.24, 2.45) is 0 Å². The van der Waals surface area contributed by atoms with Crippen molar-refractivity contribution in [1.82, 2.24) is 9.88 Å². The molecule has 0 radical (unpaired) electrons. The van der Waals surface area contributed by atoms with Gasteiger partial charge in [-0.15, -0.1) is 0 Å². The minimum absolute atomic E-state index is 0.0125. The van der Waals surface area contributed by atoms with Crippen LogP contribution < -0.4 is 4.74 Å². The molecular weight excluding hydrogens is 352 g/mol. The molecule has 1 amide bonds. The van der Waals surface area contributed by atoms with Crippen LogP contribution in [-0.2, 0) is 11.3 Å². The maximum atomic E-state index is 12.6. The SMILES string of the molecule is O=C(OCc1ccccc1)N1CCC[C@@H]1c1ccc(Oc2ccccc2)nc1. The molecule has 2 heterocycles. The number of likely N-dealkylation sites (tertiary alicyclic amines) is 1. The van der Waals surface area contributed by atoms with Crippen LogP contribution in [0.5, 0.6) is 11.6 Å². The zero-order valence-corrected chi connectivity index (χ0v) is 15.5. The summed E-state index contributed by atoms with van der Waals surface area (Å²) in [6.07, 6.45) is 3.36. The lowest BCUT2D eigenvalue weighted by atomic mass is 10.1. The molecule has 142 valence electrons. The van der Waals surface area contributed by atoms with Crippen LogP contribution in [0.1, 0.15) is 30.0 Å². The zero-order chi connectivity index (χ0) is 19.2. The van der Waals surface area contributed by atoms with Crippen molar-refractivity contribution in [1.29, 1.82) is 0 Å². The fourth-order valence-corrected chi connectivity index (χ4v) is 3.39. The van der Waals surface area contributed by atoms with Gasteiger partial charge < -0.3 is 14.4 Å². The van der Waals surface area contributed by atoms with Crippen LogP contribution in [0.25, 0.3) is 0 Å². The molecule has 1 fully saturated rings. The minimum atomic E-state index is -0.282. The van der Waals surface area contributed by atoms with E-state index in [1.165, 1.54) is 0 Å². The summed E-state index contributed by atoms with van der Waals surface area (Å²) >= 11 is 0. The monoisotopic (exact) mass is 374 g/mol. The second-order valence-electron chi connectivity index (χ2n) is 6.74. The smallest absolute Gasteiger partial charge is 0.410 e. The highest BCUT2D eigenvalue weighted by atomic mass is 16.6. The molecule has 4 rings (SSSR count). The number of rotatable bonds is 5. The first-order chi connectivity index (χ1) is 13.8. The normalized spacial score (nSPS) is 16.0. The van der Waals surface area contributed by atoms with Crippen molar-refractivity contribution in [3.63, 3.8) is 0 Å². The highest BCUT2D eigenvalue weighted by molar-refractivity contribution is 5.68. The van der Waals surface area contributed by atoms with Crippen molar-refractivity contribution in [3.8, 4) is 11.6 Å². The summed E-state index contributed by atoms with van der Waals surface area (Å²) in [7, 11) is 0. The molecule has 0 unspecified atom stereocenters. The van der Waals surface area contributed by atoms with Crippen molar-refractivity contribution in [3.05, 3.63) is 90.1 Å². The van der Waals surface area contributed by atoms with Crippen LogP contribution in [-0.4, -0.2) is 22.5 Å². The zero-order valence-electron chi connectivity index (χ0n) is 15.5. The van der Waals surface area contributed by atoms with E-state index in [4.69, 9.17) is 9.47 Å². The molecule has 3 aromatic rings. The van der Waals surface area contributed by atoms with E-state index in [1.54, 1.807) is 11.1 Å². The van der Waals surface area contributed by atoms with E-state index in [-0.39, 0.29) is 18.7 Å². The molecule has 5 heteroatoms. The Labute approximate surface area is 164 Å². The molecule has 1 aromatic heterocycles. The Balaban J connectivity index is 1.39. The van der Waals surface area contributed by atoms with E-state index in [2.05, 4.69) is 4.98 Å². The molecule has 28 heavy (non-hydrogen) atoms. The summed E-state index contributed by atoms with van der Waals surface area (Å²) in [5.41, 5.74) is 1.98. The number of nitrogens with zero attached hydrogens (tertiary/aromatic N) is 2. The third-order valence-electron chi connectivity index (χ3n) is 4.80. The number of hydrogen-bond donors (Lipinski definition) is 0. The average molecular weight is 374 g/mol. The fourth-order valence-electron chi connectivity index (χ4n) is 3.39. The number of aromatic nitrogens is 1. The number of ether oxygens (including phenoxy) is 2. The molecular formula is C23H22N2O3. The summed E-state index contributed by atoms with van der Waals surface area (Å²) in [6.45, 7) is 0.978. The first-order valence-electron chi connectivity index (χ1n) is 9.46. The van der Waals surface area contributed by atoms with Crippen molar-refractivity contribution < 1.29 is 14.3 Å². The predicted octanol–water partition coefficient (Wildman–Crippen LogP) is 5.35. The Hall–Kier alpha value is -3.34. The first-order valence-corrected chi connectivity index (χ1v) is 9.46. The summed E-state index contributed by atoms with van der Waals surface area (Å²) < 4.78 is 11.2.